The van der Waals surface area contributed by atoms with Gasteiger partial charge in [-0.05, 0) is 36.7 Å². The zero-order valence-corrected chi connectivity index (χ0v) is 10.9. The zero-order valence-electron chi connectivity index (χ0n) is 10.1. The van der Waals surface area contributed by atoms with E-state index < -0.39 is 0 Å². The molecule has 0 aromatic rings. The molecule has 1 saturated heterocycles. The maximum atomic E-state index is 11.9. The molecule has 1 heterocycles. The summed E-state index contributed by atoms with van der Waals surface area (Å²) in [7, 11) is 0. The van der Waals surface area contributed by atoms with Crippen LogP contribution in [0.25, 0.3) is 0 Å². The highest BCUT2D eigenvalue weighted by Gasteiger charge is 2.29. The molecule has 1 unspecified atom stereocenters. The maximum absolute atomic E-state index is 11.9. The normalized spacial score (nSPS) is 21.3. The Morgan fingerprint density at radius 2 is 1.93 bits per heavy atom. The van der Waals surface area contributed by atoms with Crippen molar-refractivity contribution in [3.05, 3.63) is 0 Å². The Morgan fingerprint density at radius 3 is 2.40 bits per heavy atom. The van der Waals surface area contributed by atoms with Crippen LogP contribution in [0.4, 0.5) is 0 Å². The fourth-order valence-corrected chi connectivity index (χ4v) is 3.21. The molecular formula is C12H23NOS. The highest BCUT2D eigenvalue weighted by atomic mass is 32.2. The number of rotatable bonds is 3. The van der Waals surface area contributed by atoms with Crippen molar-refractivity contribution in [3.63, 3.8) is 0 Å². The second-order valence-corrected chi connectivity index (χ2v) is 6.74. The summed E-state index contributed by atoms with van der Waals surface area (Å²) >= 11 is 2.01. The van der Waals surface area contributed by atoms with E-state index in [1.54, 1.807) is 0 Å². The van der Waals surface area contributed by atoms with Crippen LogP contribution in [-0.2, 0) is 4.79 Å². The first-order valence-corrected chi connectivity index (χ1v) is 6.94. The third-order valence-electron chi connectivity index (χ3n) is 3.00. The zero-order chi connectivity index (χ0) is 11.5. The summed E-state index contributed by atoms with van der Waals surface area (Å²) in [5.41, 5.74) is 5.69. The van der Waals surface area contributed by atoms with Crippen molar-refractivity contribution in [1.82, 2.24) is 0 Å². The van der Waals surface area contributed by atoms with Gasteiger partial charge >= 0.3 is 0 Å². The SMILES string of the molecule is CC(C)(C)C(=O)C(N)CC1CCSCC1. The molecule has 0 aliphatic carbocycles. The van der Waals surface area contributed by atoms with E-state index in [9.17, 15) is 4.79 Å². The van der Waals surface area contributed by atoms with E-state index in [2.05, 4.69) is 0 Å². The Balaban J connectivity index is 2.40. The van der Waals surface area contributed by atoms with E-state index in [4.69, 9.17) is 5.73 Å². The number of thioether (sulfide) groups is 1. The number of ketones is 1. The Labute approximate surface area is 97.4 Å². The van der Waals surface area contributed by atoms with Crippen molar-refractivity contribution in [2.45, 2.75) is 46.1 Å². The van der Waals surface area contributed by atoms with Crippen molar-refractivity contribution in [2.75, 3.05) is 11.5 Å². The van der Waals surface area contributed by atoms with Gasteiger partial charge in [0.05, 0.1) is 6.04 Å². The van der Waals surface area contributed by atoms with Gasteiger partial charge in [-0.25, -0.2) is 0 Å². The molecule has 0 bridgehead atoms. The topological polar surface area (TPSA) is 43.1 Å². The van der Waals surface area contributed by atoms with Crippen LogP contribution in [0, 0.1) is 11.3 Å². The smallest absolute Gasteiger partial charge is 0.154 e. The molecule has 88 valence electrons. The van der Waals surface area contributed by atoms with Gasteiger partial charge in [0.25, 0.3) is 0 Å². The Bertz CT molecular complexity index is 216. The molecule has 0 radical (unpaired) electrons. The molecule has 1 aliphatic heterocycles. The molecule has 1 fully saturated rings. The predicted molar refractivity (Wildman–Crippen MR) is 67.1 cm³/mol. The van der Waals surface area contributed by atoms with E-state index in [-0.39, 0.29) is 17.2 Å². The molecule has 0 saturated carbocycles. The summed E-state index contributed by atoms with van der Waals surface area (Å²) in [6.45, 7) is 5.85. The lowest BCUT2D eigenvalue weighted by atomic mass is 9.82. The Morgan fingerprint density at radius 1 is 1.40 bits per heavy atom. The molecule has 15 heavy (non-hydrogen) atoms. The highest BCUT2D eigenvalue weighted by molar-refractivity contribution is 7.99. The highest BCUT2D eigenvalue weighted by Crippen LogP contribution is 2.27. The van der Waals surface area contributed by atoms with Crippen molar-refractivity contribution >= 4 is 17.5 Å². The minimum atomic E-state index is -0.289. The first-order chi connectivity index (χ1) is 6.91. The van der Waals surface area contributed by atoms with Crippen LogP contribution in [-0.4, -0.2) is 23.3 Å². The van der Waals surface area contributed by atoms with Gasteiger partial charge in [-0.2, -0.15) is 11.8 Å². The van der Waals surface area contributed by atoms with Gasteiger partial charge in [-0.15, -0.1) is 0 Å². The first kappa shape index (κ1) is 13.0. The molecule has 0 amide bonds. The van der Waals surface area contributed by atoms with E-state index in [0.29, 0.717) is 5.92 Å². The molecular weight excluding hydrogens is 206 g/mol. The summed E-state index contributed by atoms with van der Waals surface area (Å²) in [6.07, 6.45) is 3.35. The number of carbonyl (C=O) groups is 1. The standard InChI is InChI=1S/C12H23NOS/c1-12(2,3)11(14)10(13)8-9-4-6-15-7-5-9/h9-10H,4-8,13H2,1-3H3. The van der Waals surface area contributed by atoms with Crippen LogP contribution in [0.5, 0.6) is 0 Å². The van der Waals surface area contributed by atoms with Gasteiger partial charge in [0.2, 0.25) is 0 Å². The summed E-state index contributed by atoms with van der Waals surface area (Å²) in [5, 5.41) is 0. The average molecular weight is 229 g/mol. The molecule has 0 spiro atoms. The van der Waals surface area contributed by atoms with Crippen LogP contribution < -0.4 is 5.73 Å². The van der Waals surface area contributed by atoms with Crippen LogP contribution in [0.15, 0.2) is 0 Å². The van der Waals surface area contributed by atoms with Gasteiger partial charge in [0.15, 0.2) is 5.78 Å². The molecule has 1 atom stereocenters. The summed E-state index contributed by atoms with van der Waals surface area (Å²) in [5.74, 6) is 3.36. The van der Waals surface area contributed by atoms with Gasteiger partial charge in [-0.1, -0.05) is 20.8 Å². The molecule has 2 N–H and O–H groups in total. The minimum absolute atomic E-state index is 0.209. The van der Waals surface area contributed by atoms with Gasteiger partial charge in [0.1, 0.15) is 0 Å². The fourth-order valence-electron chi connectivity index (χ4n) is 2.00. The molecule has 0 aromatic carbocycles. The number of hydrogen-bond donors (Lipinski definition) is 1. The second kappa shape index (κ2) is 5.35. The van der Waals surface area contributed by atoms with Crippen LogP contribution in [0.2, 0.25) is 0 Å². The fraction of sp³-hybridized carbons (Fsp3) is 0.917. The van der Waals surface area contributed by atoms with Gasteiger partial charge in [-0.3, -0.25) is 4.79 Å². The van der Waals surface area contributed by atoms with Gasteiger partial charge < -0.3 is 5.73 Å². The maximum Gasteiger partial charge on any atom is 0.154 e. The number of Topliss-reactive ketones (excluding diaryl/α,β-unsaturated/α-hetero) is 1. The third kappa shape index (κ3) is 4.15. The van der Waals surface area contributed by atoms with E-state index in [1.807, 2.05) is 32.5 Å². The molecule has 0 aromatic heterocycles. The molecule has 1 rings (SSSR count). The van der Waals surface area contributed by atoms with Crippen molar-refractivity contribution in [3.8, 4) is 0 Å². The van der Waals surface area contributed by atoms with Crippen LogP contribution >= 0.6 is 11.8 Å². The monoisotopic (exact) mass is 229 g/mol. The van der Waals surface area contributed by atoms with Crippen molar-refractivity contribution < 1.29 is 4.79 Å². The minimum Gasteiger partial charge on any atom is -0.321 e. The summed E-state index contributed by atoms with van der Waals surface area (Å²) < 4.78 is 0. The number of carbonyl (C=O) groups excluding carboxylic acids is 1. The van der Waals surface area contributed by atoms with E-state index in [0.717, 1.165) is 6.42 Å². The van der Waals surface area contributed by atoms with E-state index >= 15 is 0 Å². The number of nitrogens with two attached hydrogens (primary N) is 1. The lowest BCUT2D eigenvalue weighted by Crippen LogP contribution is -2.40. The Kier molecular flexibility index (Phi) is 4.65. The van der Waals surface area contributed by atoms with Crippen LogP contribution in [0.3, 0.4) is 0 Å². The van der Waals surface area contributed by atoms with Gasteiger partial charge in [0, 0.05) is 5.41 Å². The molecule has 2 nitrogen and oxygen atoms in total. The lowest BCUT2D eigenvalue weighted by Gasteiger charge is -2.27. The van der Waals surface area contributed by atoms with Crippen LogP contribution in [0.1, 0.15) is 40.0 Å². The van der Waals surface area contributed by atoms with Crippen molar-refractivity contribution in [1.29, 1.82) is 0 Å². The summed E-state index contributed by atoms with van der Waals surface area (Å²) in [6, 6.07) is -0.252. The number of hydrogen-bond acceptors (Lipinski definition) is 3. The lowest BCUT2D eigenvalue weighted by molar-refractivity contribution is -0.128. The average Bonchev–Trinajstić information content (AvgIpc) is 2.16. The largest absolute Gasteiger partial charge is 0.321 e. The van der Waals surface area contributed by atoms with E-state index in [1.165, 1.54) is 24.3 Å². The first-order valence-electron chi connectivity index (χ1n) is 5.79. The molecule has 1 aliphatic rings. The summed E-state index contributed by atoms with van der Waals surface area (Å²) in [4.78, 5) is 11.9. The second-order valence-electron chi connectivity index (χ2n) is 5.51. The quantitative estimate of drug-likeness (QED) is 0.808. The predicted octanol–water partition coefficient (Wildman–Crippen LogP) is 2.46. The molecule has 3 heteroatoms. The van der Waals surface area contributed by atoms with Crippen molar-refractivity contribution in [2.24, 2.45) is 17.1 Å². The third-order valence-corrected chi connectivity index (χ3v) is 4.05. The Hall–Kier alpha value is -0.0200.